The van der Waals surface area contributed by atoms with E-state index in [-0.39, 0.29) is 18.0 Å². The summed E-state index contributed by atoms with van der Waals surface area (Å²) in [5.41, 5.74) is 2.90. The summed E-state index contributed by atoms with van der Waals surface area (Å²) in [7, 11) is 0. The topological polar surface area (TPSA) is 31.2 Å². The van der Waals surface area contributed by atoms with Gasteiger partial charge in [0.15, 0.2) is 0 Å². The molecule has 3 aromatic rings. The van der Waals surface area contributed by atoms with Crippen LogP contribution in [0.3, 0.4) is 0 Å². The van der Waals surface area contributed by atoms with E-state index in [1.54, 1.807) is 29.0 Å². The van der Waals surface area contributed by atoms with Crippen molar-refractivity contribution in [3.63, 3.8) is 0 Å². The summed E-state index contributed by atoms with van der Waals surface area (Å²) < 4.78 is 20.6. The van der Waals surface area contributed by atoms with Crippen molar-refractivity contribution in [2.75, 3.05) is 0 Å². The molecule has 3 rings (SSSR count). The number of pyridine rings is 1. The second-order valence-corrected chi connectivity index (χ2v) is 6.62. The SMILES string of the molecule is Cc1cccc(Cn2ccc(OCc3ccc(F)cc3)c(Br)c2=O)c1. The molecule has 0 N–H and O–H groups in total. The van der Waals surface area contributed by atoms with Crippen LogP contribution in [0, 0.1) is 12.7 Å². The van der Waals surface area contributed by atoms with Crippen molar-refractivity contribution in [2.24, 2.45) is 0 Å². The lowest BCUT2D eigenvalue weighted by Crippen LogP contribution is -2.21. The molecular weight excluding hydrogens is 385 g/mol. The van der Waals surface area contributed by atoms with Gasteiger partial charge in [0.2, 0.25) is 0 Å². The van der Waals surface area contributed by atoms with E-state index in [1.807, 2.05) is 25.1 Å². The van der Waals surface area contributed by atoms with E-state index in [2.05, 4.69) is 22.0 Å². The first kappa shape index (κ1) is 17.4. The van der Waals surface area contributed by atoms with Gasteiger partial charge in [0.1, 0.15) is 22.6 Å². The van der Waals surface area contributed by atoms with Gasteiger partial charge in [0.25, 0.3) is 5.56 Å². The van der Waals surface area contributed by atoms with Crippen LogP contribution >= 0.6 is 15.9 Å². The number of hydrogen-bond acceptors (Lipinski definition) is 2. The lowest BCUT2D eigenvalue weighted by Gasteiger charge is -2.11. The number of hydrogen-bond donors (Lipinski definition) is 0. The molecule has 0 fully saturated rings. The molecule has 0 saturated heterocycles. The Morgan fingerprint density at radius 1 is 1.08 bits per heavy atom. The number of aromatic nitrogens is 1. The van der Waals surface area contributed by atoms with Crippen LogP contribution in [0.1, 0.15) is 16.7 Å². The Hall–Kier alpha value is -2.40. The van der Waals surface area contributed by atoms with Crippen molar-refractivity contribution in [2.45, 2.75) is 20.1 Å². The Morgan fingerprint density at radius 2 is 1.84 bits per heavy atom. The average molecular weight is 402 g/mol. The molecule has 0 aliphatic heterocycles. The van der Waals surface area contributed by atoms with Crippen molar-refractivity contribution < 1.29 is 9.13 Å². The summed E-state index contributed by atoms with van der Waals surface area (Å²) >= 11 is 3.33. The molecule has 0 aliphatic carbocycles. The van der Waals surface area contributed by atoms with E-state index in [1.165, 1.54) is 12.1 Å². The molecule has 0 bridgehead atoms. The van der Waals surface area contributed by atoms with Crippen LogP contribution in [0.15, 0.2) is 70.1 Å². The van der Waals surface area contributed by atoms with Crippen LogP contribution in [-0.2, 0) is 13.2 Å². The van der Waals surface area contributed by atoms with Gasteiger partial charge in [-0.1, -0.05) is 42.0 Å². The van der Waals surface area contributed by atoms with Gasteiger partial charge in [-0.2, -0.15) is 0 Å². The number of rotatable bonds is 5. The lowest BCUT2D eigenvalue weighted by molar-refractivity contribution is 0.302. The minimum absolute atomic E-state index is 0.155. The number of nitrogens with zero attached hydrogens (tertiary/aromatic N) is 1. The lowest BCUT2D eigenvalue weighted by atomic mass is 10.1. The number of aryl methyl sites for hydroxylation is 1. The highest BCUT2D eigenvalue weighted by molar-refractivity contribution is 9.10. The largest absolute Gasteiger partial charge is 0.487 e. The molecule has 0 aliphatic rings. The zero-order valence-corrected chi connectivity index (χ0v) is 15.3. The first-order chi connectivity index (χ1) is 12.0. The molecule has 128 valence electrons. The van der Waals surface area contributed by atoms with E-state index >= 15 is 0 Å². The fourth-order valence-corrected chi connectivity index (χ4v) is 2.99. The summed E-state index contributed by atoms with van der Waals surface area (Å²) in [6.07, 6.45) is 1.72. The van der Waals surface area contributed by atoms with Gasteiger partial charge in [-0.05, 0) is 52.2 Å². The molecule has 0 atom stereocenters. The van der Waals surface area contributed by atoms with E-state index in [9.17, 15) is 9.18 Å². The number of halogens is 2. The van der Waals surface area contributed by atoms with Crippen LogP contribution in [0.5, 0.6) is 5.75 Å². The zero-order valence-electron chi connectivity index (χ0n) is 13.7. The van der Waals surface area contributed by atoms with Gasteiger partial charge in [0, 0.05) is 6.20 Å². The minimum Gasteiger partial charge on any atom is -0.487 e. The molecule has 2 aromatic carbocycles. The first-order valence-electron chi connectivity index (χ1n) is 7.84. The fourth-order valence-electron chi connectivity index (χ4n) is 2.51. The van der Waals surface area contributed by atoms with Gasteiger partial charge < -0.3 is 9.30 Å². The highest BCUT2D eigenvalue weighted by Gasteiger charge is 2.09. The molecule has 0 amide bonds. The number of benzene rings is 2. The minimum atomic E-state index is -0.288. The molecular formula is C20H17BrFNO2. The Kier molecular flexibility index (Phi) is 5.34. The second kappa shape index (κ2) is 7.66. The van der Waals surface area contributed by atoms with Crippen molar-refractivity contribution in [1.29, 1.82) is 0 Å². The molecule has 0 radical (unpaired) electrons. The molecule has 1 heterocycles. The second-order valence-electron chi connectivity index (χ2n) is 5.83. The quantitative estimate of drug-likeness (QED) is 0.620. The van der Waals surface area contributed by atoms with Crippen LogP contribution in [0.4, 0.5) is 4.39 Å². The maximum absolute atomic E-state index is 12.9. The van der Waals surface area contributed by atoms with E-state index < -0.39 is 0 Å². The maximum atomic E-state index is 12.9. The Balaban J connectivity index is 1.75. The zero-order chi connectivity index (χ0) is 17.8. The highest BCUT2D eigenvalue weighted by atomic mass is 79.9. The van der Waals surface area contributed by atoms with E-state index in [0.29, 0.717) is 16.8 Å². The van der Waals surface area contributed by atoms with Crippen LogP contribution in [-0.4, -0.2) is 4.57 Å². The third-order valence-corrected chi connectivity index (χ3v) is 4.54. The van der Waals surface area contributed by atoms with Gasteiger partial charge in [-0.3, -0.25) is 4.79 Å². The number of ether oxygens (including phenoxy) is 1. The standard InChI is InChI=1S/C20H17BrFNO2/c1-14-3-2-4-16(11-14)12-23-10-9-18(19(21)20(23)24)25-13-15-5-7-17(22)8-6-15/h2-11H,12-13H2,1H3. The third-order valence-electron chi connectivity index (χ3n) is 3.81. The van der Waals surface area contributed by atoms with Gasteiger partial charge in [0.05, 0.1) is 6.54 Å². The molecule has 3 nitrogen and oxygen atoms in total. The van der Waals surface area contributed by atoms with Gasteiger partial charge in [-0.25, -0.2) is 4.39 Å². The summed E-state index contributed by atoms with van der Waals surface area (Å²) in [4.78, 5) is 12.5. The molecule has 0 saturated carbocycles. The molecule has 25 heavy (non-hydrogen) atoms. The van der Waals surface area contributed by atoms with Crippen molar-refractivity contribution in [1.82, 2.24) is 4.57 Å². The Bertz CT molecular complexity index is 935. The maximum Gasteiger partial charge on any atom is 0.268 e. The predicted octanol–water partition coefficient (Wildman–Crippen LogP) is 4.69. The molecule has 0 spiro atoms. The monoisotopic (exact) mass is 401 g/mol. The predicted molar refractivity (Wildman–Crippen MR) is 99.4 cm³/mol. The highest BCUT2D eigenvalue weighted by Crippen LogP contribution is 2.22. The first-order valence-corrected chi connectivity index (χ1v) is 8.64. The average Bonchev–Trinajstić information content (AvgIpc) is 2.60. The summed E-state index contributed by atoms with van der Waals surface area (Å²) in [6.45, 7) is 2.78. The van der Waals surface area contributed by atoms with E-state index in [4.69, 9.17) is 4.74 Å². The smallest absolute Gasteiger partial charge is 0.268 e. The fraction of sp³-hybridized carbons (Fsp3) is 0.150. The summed E-state index contributed by atoms with van der Waals surface area (Å²) in [6, 6.07) is 15.9. The van der Waals surface area contributed by atoms with Crippen molar-refractivity contribution >= 4 is 15.9 Å². The Morgan fingerprint density at radius 3 is 2.56 bits per heavy atom. The van der Waals surface area contributed by atoms with Crippen LogP contribution < -0.4 is 10.3 Å². The van der Waals surface area contributed by atoms with Crippen molar-refractivity contribution in [3.05, 3.63) is 98.1 Å². The summed E-state index contributed by atoms with van der Waals surface area (Å²) in [5, 5.41) is 0. The summed E-state index contributed by atoms with van der Waals surface area (Å²) in [5.74, 6) is 0.179. The van der Waals surface area contributed by atoms with E-state index in [0.717, 1.165) is 16.7 Å². The van der Waals surface area contributed by atoms with Crippen molar-refractivity contribution in [3.8, 4) is 5.75 Å². The molecule has 0 unspecified atom stereocenters. The normalized spacial score (nSPS) is 10.7. The van der Waals surface area contributed by atoms with Crippen LogP contribution in [0.2, 0.25) is 0 Å². The molecule has 5 heteroatoms. The third kappa shape index (κ3) is 4.37. The van der Waals surface area contributed by atoms with Gasteiger partial charge in [-0.15, -0.1) is 0 Å². The Labute approximate surface area is 153 Å². The molecule has 1 aromatic heterocycles. The van der Waals surface area contributed by atoms with Crippen LogP contribution in [0.25, 0.3) is 0 Å². The van der Waals surface area contributed by atoms with Gasteiger partial charge >= 0.3 is 0 Å².